The molecule has 0 aliphatic carbocycles. The van der Waals surface area contributed by atoms with E-state index in [4.69, 9.17) is 4.74 Å². The third-order valence-electron chi connectivity index (χ3n) is 2.74. The molecule has 0 aromatic carbocycles. The molecule has 7 heteroatoms. The van der Waals surface area contributed by atoms with Crippen LogP contribution in [0, 0.1) is 0 Å². The molecule has 1 aromatic rings. The summed E-state index contributed by atoms with van der Waals surface area (Å²) < 4.78 is 11.4. The van der Waals surface area contributed by atoms with Crippen LogP contribution in [0.25, 0.3) is 0 Å². The van der Waals surface area contributed by atoms with E-state index in [1.165, 1.54) is 7.11 Å². The molecule has 1 aliphatic rings. The molecule has 0 N–H and O–H groups in total. The zero-order chi connectivity index (χ0) is 13.0. The van der Waals surface area contributed by atoms with E-state index in [2.05, 4.69) is 9.84 Å². The van der Waals surface area contributed by atoms with Gasteiger partial charge in [-0.25, -0.2) is 4.79 Å². The summed E-state index contributed by atoms with van der Waals surface area (Å²) in [6, 6.07) is 1.75. The van der Waals surface area contributed by atoms with Gasteiger partial charge in [-0.3, -0.25) is 9.48 Å². The Labute approximate surface area is 104 Å². The van der Waals surface area contributed by atoms with Gasteiger partial charge in [0.05, 0.1) is 20.3 Å². The predicted octanol–water partition coefficient (Wildman–Crippen LogP) is -0.716. The zero-order valence-corrected chi connectivity index (χ0v) is 10.1. The first-order valence-electron chi connectivity index (χ1n) is 5.65. The van der Waals surface area contributed by atoms with Crippen molar-refractivity contribution >= 4 is 11.9 Å². The van der Waals surface area contributed by atoms with Gasteiger partial charge in [-0.2, -0.15) is 5.10 Å². The Kier molecular flexibility index (Phi) is 3.93. The van der Waals surface area contributed by atoms with E-state index in [0.717, 1.165) is 0 Å². The first kappa shape index (κ1) is 12.6. The summed E-state index contributed by atoms with van der Waals surface area (Å²) in [6.45, 7) is 1.21. The van der Waals surface area contributed by atoms with Crippen LogP contribution in [0.1, 0.15) is 0 Å². The van der Waals surface area contributed by atoms with Gasteiger partial charge in [0.1, 0.15) is 6.54 Å². The highest BCUT2D eigenvalue weighted by atomic mass is 16.6. The number of aromatic nitrogens is 2. The first-order valence-corrected chi connectivity index (χ1v) is 5.65. The fourth-order valence-corrected chi connectivity index (χ4v) is 1.78. The van der Waals surface area contributed by atoms with E-state index in [-0.39, 0.29) is 19.0 Å². The Morgan fingerprint density at radius 2 is 2.39 bits per heavy atom. The van der Waals surface area contributed by atoms with Crippen molar-refractivity contribution in [1.29, 1.82) is 0 Å². The molecule has 2 rings (SSSR count). The van der Waals surface area contributed by atoms with Crippen molar-refractivity contribution in [3.05, 3.63) is 18.5 Å². The largest absolute Gasteiger partial charge is 0.467 e. The lowest BCUT2D eigenvalue weighted by Gasteiger charge is -2.31. The zero-order valence-electron chi connectivity index (χ0n) is 10.1. The fourth-order valence-electron chi connectivity index (χ4n) is 1.78. The number of carbonyl (C=O) groups excluding carboxylic acids is 2. The number of amides is 1. The van der Waals surface area contributed by atoms with Gasteiger partial charge < -0.3 is 14.4 Å². The topological polar surface area (TPSA) is 73.7 Å². The van der Waals surface area contributed by atoms with Crippen molar-refractivity contribution in [2.45, 2.75) is 12.6 Å². The minimum Gasteiger partial charge on any atom is -0.467 e. The van der Waals surface area contributed by atoms with Crippen LogP contribution >= 0.6 is 0 Å². The molecule has 18 heavy (non-hydrogen) atoms. The summed E-state index contributed by atoms with van der Waals surface area (Å²) in [5, 5.41) is 3.97. The number of rotatable bonds is 3. The molecule has 2 heterocycles. The highest BCUT2D eigenvalue weighted by Crippen LogP contribution is 2.07. The molecular weight excluding hydrogens is 238 g/mol. The first-order chi connectivity index (χ1) is 8.70. The van der Waals surface area contributed by atoms with Crippen LogP contribution in [0.3, 0.4) is 0 Å². The lowest BCUT2D eigenvalue weighted by atomic mass is 10.2. The Hall–Kier alpha value is -1.89. The average molecular weight is 253 g/mol. The normalized spacial score (nSPS) is 19.6. The van der Waals surface area contributed by atoms with E-state index in [1.54, 1.807) is 28.0 Å². The Morgan fingerprint density at radius 3 is 3.06 bits per heavy atom. The monoisotopic (exact) mass is 253 g/mol. The Bertz CT molecular complexity index is 418. The number of esters is 1. The van der Waals surface area contributed by atoms with Crippen LogP contribution < -0.4 is 0 Å². The summed E-state index contributed by atoms with van der Waals surface area (Å²) in [5.74, 6) is -0.539. The molecule has 1 saturated heterocycles. The highest BCUT2D eigenvalue weighted by Gasteiger charge is 2.29. The third-order valence-corrected chi connectivity index (χ3v) is 2.74. The molecule has 1 aliphatic heterocycles. The van der Waals surface area contributed by atoms with Crippen molar-refractivity contribution in [3.8, 4) is 0 Å². The van der Waals surface area contributed by atoms with Crippen molar-refractivity contribution in [2.24, 2.45) is 0 Å². The maximum Gasteiger partial charge on any atom is 0.336 e. The molecule has 0 bridgehead atoms. The molecule has 0 saturated carbocycles. The van der Waals surface area contributed by atoms with E-state index in [9.17, 15) is 9.59 Å². The highest BCUT2D eigenvalue weighted by molar-refractivity contribution is 5.79. The quantitative estimate of drug-likeness (QED) is 0.665. The molecule has 1 unspecified atom stereocenters. The molecular formula is C11H15N3O4. The van der Waals surface area contributed by atoms with Gasteiger partial charge in [-0.15, -0.1) is 0 Å². The smallest absolute Gasteiger partial charge is 0.336 e. The van der Waals surface area contributed by atoms with E-state index in [1.807, 2.05) is 0 Å². The fraction of sp³-hybridized carbons (Fsp3) is 0.545. The lowest BCUT2D eigenvalue weighted by Crippen LogP contribution is -2.49. The second-order valence-corrected chi connectivity index (χ2v) is 3.93. The van der Waals surface area contributed by atoms with Crippen molar-refractivity contribution in [2.75, 3.05) is 26.8 Å². The van der Waals surface area contributed by atoms with E-state index >= 15 is 0 Å². The van der Waals surface area contributed by atoms with Crippen LogP contribution in [-0.4, -0.2) is 59.5 Å². The van der Waals surface area contributed by atoms with Gasteiger partial charge >= 0.3 is 5.97 Å². The molecule has 1 aromatic heterocycles. The number of methoxy groups -OCH3 is 1. The van der Waals surface area contributed by atoms with Gasteiger partial charge in [0, 0.05) is 18.9 Å². The van der Waals surface area contributed by atoms with Gasteiger partial charge in [-0.1, -0.05) is 0 Å². The summed E-state index contributed by atoms with van der Waals surface area (Å²) in [4.78, 5) is 24.9. The second-order valence-electron chi connectivity index (χ2n) is 3.93. The predicted molar refractivity (Wildman–Crippen MR) is 60.6 cm³/mol. The number of carbonyl (C=O) groups is 2. The number of nitrogens with zero attached hydrogens (tertiary/aromatic N) is 3. The van der Waals surface area contributed by atoms with Crippen LogP contribution in [-0.2, 0) is 25.6 Å². The maximum absolute atomic E-state index is 12.0. The minimum absolute atomic E-state index is 0.0871. The lowest BCUT2D eigenvalue weighted by molar-refractivity contribution is -0.162. The Morgan fingerprint density at radius 1 is 1.56 bits per heavy atom. The molecule has 98 valence electrons. The number of ether oxygens (including phenoxy) is 2. The summed E-state index contributed by atoms with van der Waals surface area (Å²) >= 11 is 0. The van der Waals surface area contributed by atoms with Crippen molar-refractivity contribution < 1.29 is 19.1 Å². The Balaban J connectivity index is 1.92. The molecule has 7 nitrogen and oxygen atoms in total. The molecule has 1 atom stereocenters. The summed E-state index contributed by atoms with van der Waals surface area (Å²) in [6.07, 6.45) is 2.64. The van der Waals surface area contributed by atoms with Crippen molar-refractivity contribution in [1.82, 2.24) is 14.7 Å². The van der Waals surface area contributed by atoms with E-state index < -0.39 is 12.1 Å². The summed E-state index contributed by atoms with van der Waals surface area (Å²) in [7, 11) is 1.30. The van der Waals surface area contributed by atoms with E-state index in [0.29, 0.717) is 13.2 Å². The number of hydrogen-bond acceptors (Lipinski definition) is 5. The van der Waals surface area contributed by atoms with Crippen molar-refractivity contribution in [3.63, 3.8) is 0 Å². The van der Waals surface area contributed by atoms with Crippen LogP contribution in [0.15, 0.2) is 18.5 Å². The second kappa shape index (κ2) is 5.63. The third kappa shape index (κ3) is 2.86. The van der Waals surface area contributed by atoms with Gasteiger partial charge in [0.25, 0.3) is 0 Å². The van der Waals surface area contributed by atoms with Gasteiger partial charge in [-0.05, 0) is 6.07 Å². The van der Waals surface area contributed by atoms with Crippen LogP contribution in [0.4, 0.5) is 0 Å². The van der Waals surface area contributed by atoms with Crippen LogP contribution in [0.2, 0.25) is 0 Å². The SMILES string of the molecule is COC(=O)C1CN(C(=O)Cn2cccn2)CCO1. The standard InChI is InChI=1S/C11H15N3O4/c1-17-11(16)9-7-13(5-6-18-9)10(15)8-14-4-2-3-12-14/h2-4,9H,5-8H2,1H3. The maximum atomic E-state index is 12.0. The molecule has 0 spiro atoms. The summed E-state index contributed by atoms with van der Waals surface area (Å²) in [5.41, 5.74) is 0. The number of morpholine rings is 1. The van der Waals surface area contributed by atoms with Gasteiger partial charge in [0.2, 0.25) is 5.91 Å². The molecule has 1 amide bonds. The number of hydrogen-bond donors (Lipinski definition) is 0. The van der Waals surface area contributed by atoms with Crippen LogP contribution in [0.5, 0.6) is 0 Å². The molecule has 1 fully saturated rings. The minimum atomic E-state index is -0.690. The average Bonchev–Trinajstić information content (AvgIpc) is 2.90. The van der Waals surface area contributed by atoms with Gasteiger partial charge in [0.15, 0.2) is 6.10 Å². The molecule has 0 radical (unpaired) electrons.